The third-order valence-electron chi connectivity index (χ3n) is 3.50. The van der Waals surface area contributed by atoms with Crippen LogP contribution in [0.15, 0.2) is 23.1 Å². The van der Waals surface area contributed by atoms with Gasteiger partial charge in [0.05, 0.1) is 5.69 Å². The molecule has 0 bridgehead atoms. The number of hydrogen-bond donors (Lipinski definition) is 2. The molecule has 0 fully saturated rings. The van der Waals surface area contributed by atoms with Crippen LogP contribution in [0.3, 0.4) is 0 Å². The zero-order valence-corrected chi connectivity index (χ0v) is 13.0. The first-order valence-electron chi connectivity index (χ1n) is 6.26. The summed E-state index contributed by atoms with van der Waals surface area (Å²) in [6, 6.07) is 5.17. The van der Waals surface area contributed by atoms with Crippen molar-refractivity contribution < 1.29 is 8.42 Å². The van der Waals surface area contributed by atoms with E-state index >= 15 is 0 Å². The summed E-state index contributed by atoms with van der Waals surface area (Å²) < 4.78 is 26.5. The topological polar surface area (TPSA) is 75.4 Å². The Morgan fingerprint density at radius 2 is 1.84 bits per heavy atom. The molecule has 1 aromatic rings. The molecule has 1 atom stereocenters. The van der Waals surface area contributed by atoms with Gasteiger partial charge >= 0.3 is 0 Å². The number of benzene rings is 1. The first-order valence-corrected chi connectivity index (χ1v) is 7.75. The average molecular weight is 285 g/mol. The molecule has 0 aromatic heterocycles. The molecule has 1 unspecified atom stereocenters. The van der Waals surface area contributed by atoms with Gasteiger partial charge in [-0.1, -0.05) is 13.8 Å². The summed E-state index contributed by atoms with van der Waals surface area (Å²) in [7, 11) is -0.237. The number of anilines is 2. The highest BCUT2D eigenvalue weighted by Gasteiger charge is 2.22. The molecular weight excluding hydrogens is 262 g/mol. The summed E-state index contributed by atoms with van der Waals surface area (Å²) in [5.74, 6) is 0.410. The van der Waals surface area contributed by atoms with Gasteiger partial charge in [-0.05, 0) is 38.1 Å². The molecule has 0 amide bonds. The molecule has 0 aliphatic carbocycles. The van der Waals surface area contributed by atoms with Crippen molar-refractivity contribution in [2.45, 2.75) is 31.7 Å². The number of sulfonamides is 1. The van der Waals surface area contributed by atoms with Gasteiger partial charge in [0.2, 0.25) is 10.0 Å². The van der Waals surface area contributed by atoms with Crippen LogP contribution in [0.1, 0.15) is 20.8 Å². The smallest absolute Gasteiger partial charge is 0.242 e. The third-order valence-corrected chi connectivity index (χ3v) is 4.94. The molecule has 0 saturated carbocycles. The SMILES string of the molecule is CNS(=O)(=O)c1cc(N)ccc1N(C)C(C)C(C)C. The van der Waals surface area contributed by atoms with Crippen molar-refractivity contribution in [3.05, 3.63) is 18.2 Å². The Morgan fingerprint density at radius 3 is 2.32 bits per heavy atom. The van der Waals surface area contributed by atoms with Gasteiger partial charge in [-0.15, -0.1) is 0 Å². The zero-order chi connectivity index (χ0) is 14.8. The van der Waals surface area contributed by atoms with Gasteiger partial charge in [0.1, 0.15) is 4.90 Å². The number of nitrogen functional groups attached to an aromatic ring is 1. The molecule has 5 nitrogen and oxygen atoms in total. The monoisotopic (exact) mass is 285 g/mol. The number of hydrogen-bond acceptors (Lipinski definition) is 4. The fourth-order valence-electron chi connectivity index (χ4n) is 1.81. The molecule has 0 radical (unpaired) electrons. The van der Waals surface area contributed by atoms with Crippen LogP contribution in [0.25, 0.3) is 0 Å². The summed E-state index contributed by atoms with van der Waals surface area (Å²) in [4.78, 5) is 2.18. The Hall–Kier alpha value is -1.27. The van der Waals surface area contributed by atoms with E-state index in [4.69, 9.17) is 5.73 Å². The van der Waals surface area contributed by atoms with Gasteiger partial charge in [-0.2, -0.15) is 0 Å². The van der Waals surface area contributed by atoms with Crippen LogP contribution in [0.2, 0.25) is 0 Å². The predicted molar refractivity (Wildman–Crippen MR) is 79.8 cm³/mol. The van der Waals surface area contributed by atoms with Crippen molar-refractivity contribution in [3.8, 4) is 0 Å². The van der Waals surface area contributed by atoms with Gasteiger partial charge in [-0.3, -0.25) is 0 Å². The minimum atomic E-state index is -3.53. The molecular formula is C13H23N3O2S. The third kappa shape index (κ3) is 3.39. The van der Waals surface area contributed by atoms with Gasteiger partial charge in [0, 0.05) is 18.8 Å². The molecule has 0 spiro atoms. The summed E-state index contributed by atoms with van der Waals surface area (Å²) in [6.07, 6.45) is 0. The second kappa shape index (κ2) is 5.79. The molecule has 0 saturated heterocycles. The van der Waals surface area contributed by atoms with Crippen molar-refractivity contribution in [1.82, 2.24) is 4.72 Å². The maximum Gasteiger partial charge on any atom is 0.242 e. The molecule has 1 rings (SSSR count). The lowest BCUT2D eigenvalue weighted by Gasteiger charge is -2.31. The second-order valence-corrected chi connectivity index (χ2v) is 6.89. The van der Waals surface area contributed by atoms with E-state index in [9.17, 15) is 8.42 Å². The van der Waals surface area contributed by atoms with Crippen molar-refractivity contribution in [2.75, 3.05) is 24.7 Å². The molecule has 1 aromatic carbocycles. The molecule has 0 heterocycles. The zero-order valence-electron chi connectivity index (χ0n) is 12.1. The molecule has 0 aliphatic heterocycles. The Morgan fingerprint density at radius 1 is 1.26 bits per heavy atom. The van der Waals surface area contributed by atoms with Crippen molar-refractivity contribution in [2.24, 2.45) is 5.92 Å². The maximum atomic E-state index is 12.1. The van der Waals surface area contributed by atoms with Crippen LogP contribution < -0.4 is 15.4 Å². The quantitative estimate of drug-likeness (QED) is 0.807. The second-order valence-electron chi connectivity index (χ2n) is 5.03. The van der Waals surface area contributed by atoms with E-state index in [1.54, 1.807) is 12.1 Å². The van der Waals surface area contributed by atoms with E-state index in [1.165, 1.54) is 13.1 Å². The highest BCUT2D eigenvalue weighted by Crippen LogP contribution is 2.29. The Labute approximate surface area is 115 Å². The van der Waals surface area contributed by atoms with Gasteiger partial charge in [0.15, 0.2) is 0 Å². The fraction of sp³-hybridized carbons (Fsp3) is 0.538. The number of nitrogens with zero attached hydrogens (tertiary/aromatic N) is 1. The minimum absolute atomic E-state index is 0.213. The Bertz CT molecular complexity index is 541. The minimum Gasteiger partial charge on any atom is -0.399 e. The largest absolute Gasteiger partial charge is 0.399 e. The van der Waals surface area contributed by atoms with Crippen molar-refractivity contribution in [1.29, 1.82) is 0 Å². The van der Waals surface area contributed by atoms with Gasteiger partial charge in [-0.25, -0.2) is 13.1 Å². The lowest BCUT2D eigenvalue weighted by Crippen LogP contribution is -2.35. The van der Waals surface area contributed by atoms with Gasteiger partial charge in [0.25, 0.3) is 0 Å². The lowest BCUT2D eigenvalue weighted by molar-refractivity contribution is 0.503. The molecule has 6 heteroatoms. The van der Waals surface area contributed by atoms with Crippen LogP contribution in [-0.2, 0) is 10.0 Å². The molecule has 3 N–H and O–H groups in total. The molecule has 0 aliphatic rings. The summed E-state index contributed by atoms with van der Waals surface area (Å²) in [5.41, 5.74) is 6.79. The van der Waals surface area contributed by atoms with E-state index in [0.29, 0.717) is 17.3 Å². The van der Waals surface area contributed by atoms with Crippen LogP contribution in [0, 0.1) is 5.92 Å². The normalized spacial score (nSPS) is 13.6. The van der Waals surface area contributed by atoms with E-state index in [-0.39, 0.29) is 10.9 Å². The molecule has 108 valence electrons. The first-order chi connectivity index (χ1) is 8.70. The Balaban J connectivity index is 3.37. The lowest BCUT2D eigenvalue weighted by atomic mass is 10.0. The number of nitrogens with one attached hydrogen (secondary N) is 1. The van der Waals surface area contributed by atoms with Crippen LogP contribution in [0.5, 0.6) is 0 Å². The fourth-order valence-corrected chi connectivity index (χ4v) is 2.81. The maximum absolute atomic E-state index is 12.1. The number of nitrogens with two attached hydrogens (primary N) is 1. The van der Waals surface area contributed by atoms with Crippen molar-refractivity contribution >= 4 is 21.4 Å². The summed E-state index contributed by atoms with van der Waals surface area (Å²) >= 11 is 0. The van der Waals surface area contributed by atoms with Crippen LogP contribution in [-0.4, -0.2) is 28.6 Å². The summed E-state index contributed by atoms with van der Waals surface area (Å²) in [6.45, 7) is 6.27. The van der Waals surface area contributed by atoms with E-state index in [0.717, 1.165) is 0 Å². The molecule has 19 heavy (non-hydrogen) atoms. The van der Waals surface area contributed by atoms with Gasteiger partial charge < -0.3 is 10.6 Å². The standard InChI is InChI=1S/C13H23N3O2S/c1-9(2)10(3)16(5)12-7-6-11(14)8-13(12)19(17,18)15-4/h6-10,15H,14H2,1-5H3. The van der Waals surface area contributed by atoms with E-state index < -0.39 is 10.0 Å². The Kier molecular flexibility index (Phi) is 4.81. The number of rotatable bonds is 5. The highest BCUT2D eigenvalue weighted by molar-refractivity contribution is 7.89. The van der Waals surface area contributed by atoms with E-state index in [1.807, 2.05) is 11.9 Å². The van der Waals surface area contributed by atoms with Crippen LogP contribution >= 0.6 is 0 Å². The predicted octanol–water partition coefficient (Wildman–Crippen LogP) is 1.66. The summed E-state index contributed by atoms with van der Waals surface area (Å²) in [5, 5.41) is 0. The first kappa shape index (κ1) is 15.8. The highest BCUT2D eigenvalue weighted by atomic mass is 32.2. The van der Waals surface area contributed by atoms with Crippen molar-refractivity contribution in [3.63, 3.8) is 0 Å². The average Bonchev–Trinajstić information content (AvgIpc) is 2.36. The van der Waals surface area contributed by atoms with E-state index in [2.05, 4.69) is 25.5 Å². The van der Waals surface area contributed by atoms with Crippen LogP contribution in [0.4, 0.5) is 11.4 Å².